The molecule has 150 valence electrons. The molecule has 1 aromatic carbocycles. The first-order valence-electron chi connectivity index (χ1n) is 10.7. The maximum absolute atomic E-state index is 13.0. The number of hydrogen-bond donors (Lipinski definition) is 2. The number of hydrazine groups is 1. The molecule has 3 aliphatic rings. The summed E-state index contributed by atoms with van der Waals surface area (Å²) in [4.78, 5) is 26.8. The Balaban J connectivity index is 1.22. The molecular formula is C24H23N5O. The van der Waals surface area contributed by atoms with Gasteiger partial charge in [0.05, 0.1) is 5.92 Å². The Labute approximate surface area is 175 Å². The molecule has 0 saturated heterocycles. The number of nitrogens with zero attached hydrogens (tertiary/aromatic N) is 3. The number of benzene rings is 1. The first-order valence-corrected chi connectivity index (χ1v) is 10.7. The van der Waals surface area contributed by atoms with Gasteiger partial charge in [0.15, 0.2) is 11.6 Å². The van der Waals surface area contributed by atoms with Crippen molar-refractivity contribution in [3.8, 4) is 11.5 Å². The van der Waals surface area contributed by atoms with Crippen molar-refractivity contribution < 1.29 is 4.79 Å². The molecule has 3 aromatic rings. The number of aryl methyl sites for hydroxylation is 2. The maximum Gasteiger partial charge on any atom is 0.242 e. The average molecular weight is 397 g/mol. The second kappa shape index (κ2) is 6.62. The van der Waals surface area contributed by atoms with E-state index in [9.17, 15) is 4.79 Å². The van der Waals surface area contributed by atoms with Crippen molar-refractivity contribution in [2.24, 2.45) is 5.92 Å². The molecule has 0 radical (unpaired) electrons. The van der Waals surface area contributed by atoms with Gasteiger partial charge >= 0.3 is 0 Å². The minimum Gasteiger partial charge on any atom is -0.282 e. The molecule has 1 saturated carbocycles. The molecule has 0 bridgehead atoms. The fraction of sp³-hybridized carbons (Fsp3) is 0.333. The third-order valence-electron chi connectivity index (χ3n) is 6.92. The van der Waals surface area contributed by atoms with Crippen LogP contribution < -0.4 is 10.9 Å². The highest BCUT2D eigenvalue weighted by Gasteiger charge is 2.61. The van der Waals surface area contributed by atoms with Crippen LogP contribution in [0, 0.1) is 5.92 Å². The summed E-state index contributed by atoms with van der Waals surface area (Å²) in [5.74, 6) is 1.38. The molecule has 2 unspecified atom stereocenters. The summed E-state index contributed by atoms with van der Waals surface area (Å²) >= 11 is 0. The van der Waals surface area contributed by atoms with Crippen molar-refractivity contribution in [1.82, 2.24) is 20.4 Å². The van der Waals surface area contributed by atoms with Gasteiger partial charge < -0.3 is 0 Å². The number of hydrogen-bond acceptors (Lipinski definition) is 5. The van der Waals surface area contributed by atoms with Gasteiger partial charge in [-0.3, -0.25) is 20.6 Å². The van der Waals surface area contributed by atoms with Crippen LogP contribution in [-0.2, 0) is 29.5 Å². The molecular weight excluding hydrogens is 374 g/mol. The first kappa shape index (κ1) is 17.6. The minimum atomic E-state index is 0.0267. The SMILES string of the molecule is O=C(NNc1nc(-c2ccccn2)nc2c1CCC2)C1CC12CCc1ccccc12. The van der Waals surface area contributed by atoms with Crippen molar-refractivity contribution in [1.29, 1.82) is 0 Å². The number of anilines is 1. The molecule has 6 heteroatoms. The highest BCUT2D eigenvalue weighted by atomic mass is 16.2. The number of pyridine rings is 1. The molecule has 6 rings (SSSR count). The van der Waals surface area contributed by atoms with Gasteiger partial charge in [-0.2, -0.15) is 0 Å². The molecule has 2 heterocycles. The Hall–Kier alpha value is -3.28. The van der Waals surface area contributed by atoms with Crippen LogP contribution >= 0.6 is 0 Å². The highest BCUT2D eigenvalue weighted by Crippen LogP contribution is 2.61. The lowest BCUT2D eigenvalue weighted by atomic mass is 9.95. The largest absolute Gasteiger partial charge is 0.282 e. The lowest BCUT2D eigenvalue weighted by Crippen LogP contribution is -2.33. The molecule has 1 spiro atoms. The van der Waals surface area contributed by atoms with E-state index in [0.29, 0.717) is 11.6 Å². The van der Waals surface area contributed by atoms with Gasteiger partial charge in [-0.25, -0.2) is 9.97 Å². The van der Waals surface area contributed by atoms with Crippen LogP contribution in [0.25, 0.3) is 11.5 Å². The van der Waals surface area contributed by atoms with Gasteiger partial charge in [0.2, 0.25) is 5.91 Å². The second-order valence-electron chi connectivity index (χ2n) is 8.57. The van der Waals surface area contributed by atoms with Crippen molar-refractivity contribution in [3.63, 3.8) is 0 Å². The van der Waals surface area contributed by atoms with Crippen molar-refractivity contribution >= 4 is 11.7 Å². The molecule has 1 amide bonds. The zero-order valence-electron chi connectivity index (χ0n) is 16.7. The summed E-state index contributed by atoms with van der Waals surface area (Å²) in [7, 11) is 0. The van der Waals surface area contributed by atoms with Crippen LogP contribution in [0.1, 0.15) is 41.6 Å². The Kier molecular flexibility index (Phi) is 3.88. The van der Waals surface area contributed by atoms with Crippen LogP contribution in [0.3, 0.4) is 0 Å². The van der Waals surface area contributed by atoms with E-state index in [-0.39, 0.29) is 17.2 Å². The van der Waals surface area contributed by atoms with Gasteiger partial charge in [-0.05, 0) is 61.8 Å². The average Bonchev–Trinajstić information content (AvgIpc) is 3.13. The number of carbonyl (C=O) groups is 1. The van der Waals surface area contributed by atoms with E-state index in [0.717, 1.165) is 55.5 Å². The van der Waals surface area contributed by atoms with E-state index in [1.54, 1.807) is 6.20 Å². The number of rotatable bonds is 4. The zero-order chi connectivity index (χ0) is 20.1. The fourth-order valence-electron chi connectivity index (χ4n) is 5.29. The molecule has 2 atom stereocenters. The normalized spacial score (nSPS) is 23.1. The lowest BCUT2D eigenvalue weighted by molar-refractivity contribution is -0.122. The minimum absolute atomic E-state index is 0.0267. The number of nitrogens with one attached hydrogen (secondary N) is 2. The van der Waals surface area contributed by atoms with Crippen LogP contribution in [0.4, 0.5) is 5.82 Å². The summed E-state index contributed by atoms with van der Waals surface area (Å²) in [6.45, 7) is 0. The molecule has 30 heavy (non-hydrogen) atoms. The van der Waals surface area contributed by atoms with Gasteiger partial charge in [-0.1, -0.05) is 30.3 Å². The Bertz CT molecular complexity index is 1150. The van der Waals surface area contributed by atoms with Crippen LogP contribution in [0.15, 0.2) is 48.7 Å². The van der Waals surface area contributed by atoms with E-state index in [1.165, 1.54) is 11.1 Å². The molecule has 3 aliphatic carbocycles. The number of amides is 1. The summed E-state index contributed by atoms with van der Waals surface area (Å²) in [5, 5.41) is 0. The van der Waals surface area contributed by atoms with E-state index < -0.39 is 0 Å². The van der Waals surface area contributed by atoms with Crippen molar-refractivity contribution in [2.45, 2.75) is 43.9 Å². The predicted molar refractivity (Wildman–Crippen MR) is 114 cm³/mol. The van der Waals surface area contributed by atoms with Crippen LogP contribution in [-0.4, -0.2) is 20.9 Å². The number of aromatic nitrogens is 3. The smallest absolute Gasteiger partial charge is 0.242 e. The summed E-state index contributed by atoms with van der Waals surface area (Å²) in [5.41, 5.74) is 11.8. The zero-order valence-corrected chi connectivity index (χ0v) is 16.7. The van der Waals surface area contributed by atoms with Gasteiger partial charge in [0.25, 0.3) is 0 Å². The second-order valence-corrected chi connectivity index (χ2v) is 8.57. The van der Waals surface area contributed by atoms with Gasteiger partial charge in [0, 0.05) is 22.9 Å². The molecule has 6 nitrogen and oxygen atoms in total. The highest BCUT2D eigenvalue weighted by molar-refractivity contribution is 5.86. The lowest BCUT2D eigenvalue weighted by Gasteiger charge is -2.15. The monoisotopic (exact) mass is 397 g/mol. The van der Waals surface area contributed by atoms with Crippen LogP contribution in [0.2, 0.25) is 0 Å². The van der Waals surface area contributed by atoms with E-state index >= 15 is 0 Å². The number of fused-ring (bicyclic) bond motifs is 3. The predicted octanol–water partition coefficient (Wildman–Crippen LogP) is 3.37. The Morgan fingerprint density at radius 1 is 1.03 bits per heavy atom. The summed E-state index contributed by atoms with van der Waals surface area (Å²) in [6, 6.07) is 14.3. The Morgan fingerprint density at radius 2 is 1.93 bits per heavy atom. The Morgan fingerprint density at radius 3 is 2.83 bits per heavy atom. The van der Waals surface area contributed by atoms with Crippen LogP contribution in [0.5, 0.6) is 0 Å². The topological polar surface area (TPSA) is 79.8 Å². The third kappa shape index (κ3) is 2.70. The quantitative estimate of drug-likeness (QED) is 0.660. The molecule has 2 N–H and O–H groups in total. The fourth-order valence-corrected chi connectivity index (χ4v) is 5.29. The molecule has 1 fully saturated rings. The summed E-state index contributed by atoms with van der Waals surface area (Å²) in [6.07, 6.45) is 7.73. The van der Waals surface area contributed by atoms with E-state index in [4.69, 9.17) is 9.97 Å². The number of carbonyl (C=O) groups excluding carboxylic acids is 1. The molecule has 2 aromatic heterocycles. The molecule has 0 aliphatic heterocycles. The maximum atomic E-state index is 13.0. The summed E-state index contributed by atoms with van der Waals surface area (Å²) < 4.78 is 0. The van der Waals surface area contributed by atoms with E-state index in [1.807, 2.05) is 18.2 Å². The standard InChI is InChI=1S/C24H23N5O/c30-23(18-14-24(18)12-11-15-6-1-2-8-17(15)24)29-28-21-16-7-5-10-19(16)26-22(27-21)20-9-3-4-13-25-20/h1-4,6,8-9,13,18H,5,7,10-12,14H2,(H,29,30)(H,26,27,28). The van der Waals surface area contributed by atoms with Crippen molar-refractivity contribution in [3.05, 3.63) is 71.0 Å². The third-order valence-corrected chi connectivity index (χ3v) is 6.92. The van der Waals surface area contributed by atoms with Gasteiger partial charge in [-0.15, -0.1) is 0 Å². The van der Waals surface area contributed by atoms with E-state index in [2.05, 4.69) is 40.1 Å². The first-order chi connectivity index (χ1) is 14.7. The van der Waals surface area contributed by atoms with Gasteiger partial charge in [0.1, 0.15) is 5.69 Å². The van der Waals surface area contributed by atoms with Crippen molar-refractivity contribution in [2.75, 3.05) is 5.43 Å².